The molecule has 20 heavy (non-hydrogen) atoms. The first-order valence-corrected chi connectivity index (χ1v) is 6.68. The standard InChI is InChI=1S/C13H15Cl2NO4/c1-8(2)20-13(18)6-16-12(17)7-19-11-4-3-9(14)5-10(11)15/h3-5,8H,6-7H2,1-2H3,(H,16,17). The van der Waals surface area contributed by atoms with Gasteiger partial charge in [-0.05, 0) is 32.0 Å². The molecule has 0 saturated heterocycles. The fourth-order valence-electron chi connectivity index (χ4n) is 1.26. The first-order chi connectivity index (χ1) is 9.38. The van der Waals surface area contributed by atoms with Crippen molar-refractivity contribution in [3.8, 4) is 5.75 Å². The van der Waals surface area contributed by atoms with Gasteiger partial charge in [0, 0.05) is 5.02 Å². The monoisotopic (exact) mass is 319 g/mol. The van der Waals surface area contributed by atoms with Gasteiger partial charge in [0.05, 0.1) is 11.1 Å². The van der Waals surface area contributed by atoms with Crippen molar-refractivity contribution in [1.82, 2.24) is 5.32 Å². The van der Waals surface area contributed by atoms with Crippen molar-refractivity contribution < 1.29 is 19.1 Å². The van der Waals surface area contributed by atoms with Gasteiger partial charge in [-0.3, -0.25) is 9.59 Å². The number of hydrogen-bond donors (Lipinski definition) is 1. The lowest BCUT2D eigenvalue weighted by Gasteiger charge is -2.10. The van der Waals surface area contributed by atoms with Crippen molar-refractivity contribution in [2.45, 2.75) is 20.0 Å². The molecule has 0 heterocycles. The van der Waals surface area contributed by atoms with E-state index in [1.165, 1.54) is 6.07 Å². The number of carbonyl (C=O) groups is 2. The van der Waals surface area contributed by atoms with E-state index in [4.69, 9.17) is 32.7 Å². The van der Waals surface area contributed by atoms with Crippen LogP contribution in [-0.4, -0.2) is 31.1 Å². The van der Waals surface area contributed by atoms with E-state index in [1.807, 2.05) is 0 Å². The number of esters is 1. The molecule has 1 N–H and O–H groups in total. The second-order valence-electron chi connectivity index (χ2n) is 4.18. The van der Waals surface area contributed by atoms with E-state index in [1.54, 1.807) is 26.0 Å². The predicted octanol–water partition coefficient (Wildman–Crippen LogP) is 2.44. The number of rotatable bonds is 6. The van der Waals surface area contributed by atoms with Gasteiger partial charge in [0.15, 0.2) is 6.61 Å². The average molecular weight is 320 g/mol. The van der Waals surface area contributed by atoms with Gasteiger partial charge in [-0.1, -0.05) is 23.2 Å². The van der Waals surface area contributed by atoms with Gasteiger partial charge in [-0.15, -0.1) is 0 Å². The van der Waals surface area contributed by atoms with Crippen LogP contribution >= 0.6 is 23.2 Å². The highest BCUT2D eigenvalue weighted by Gasteiger charge is 2.10. The van der Waals surface area contributed by atoms with E-state index in [0.717, 1.165) is 0 Å². The summed E-state index contributed by atoms with van der Waals surface area (Å²) in [6.07, 6.45) is -0.219. The van der Waals surface area contributed by atoms with Gasteiger partial charge in [-0.2, -0.15) is 0 Å². The maximum Gasteiger partial charge on any atom is 0.325 e. The van der Waals surface area contributed by atoms with Gasteiger partial charge < -0.3 is 14.8 Å². The Balaban J connectivity index is 2.34. The fourth-order valence-corrected chi connectivity index (χ4v) is 1.72. The predicted molar refractivity (Wildman–Crippen MR) is 76.2 cm³/mol. The second kappa shape index (κ2) is 7.97. The van der Waals surface area contributed by atoms with Crippen LogP contribution in [0.5, 0.6) is 5.75 Å². The number of hydrogen-bond acceptors (Lipinski definition) is 4. The SMILES string of the molecule is CC(C)OC(=O)CNC(=O)COc1ccc(Cl)cc1Cl. The number of nitrogens with one attached hydrogen (secondary N) is 1. The summed E-state index contributed by atoms with van der Waals surface area (Å²) >= 11 is 11.6. The number of ether oxygens (including phenoxy) is 2. The number of amides is 1. The molecule has 1 aromatic carbocycles. The Kier molecular flexibility index (Phi) is 6.61. The normalized spacial score (nSPS) is 10.2. The summed E-state index contributed by atoms with van der Waals surface area (Å²) in [6, 6.07) is 4.67. The summed E-state index contributed by atoms with van der Waals surface area (Å²) in [5, 5.41) is 3.17. The first-order valence-electron chi connectivity index (χ1n) is 5.92. The van der Waals surface area contributed by atoms with Gasteiger partial charge in [0.25, 0.3) is 5.91 Å². The molecule has 5 nitrogen and oxygen atoms in total. The van der Waals surface area contributed by atoms with Crippen molar-refractivity contribution in [2.24, 2.45) is 0 Å². The van der Waals surface area contributed by atoms with Crippen LogP contribution in [0.15, 0.2) is 18.2 Å². The van der Waals surface area contributed by atoms with E-state index >= 15 is 0 Å². The molecule has 0 aliphatic heterocycles. The number of halogens is 2. The Labute approximate surface area is 127 Å². The molecule has 0 bridgehead atoms. The third-order valence-corrected chi connectivity index (χ3v) is 2.58. The Hall–Kier alpha value is -1.46. The largest absolute Gasteiger partial charge is 0.482 e. The van der Waals surface area contributed by atoms with Gasteiger partial charge >= 0.3 is 5.97 Å². The summed E-state index contributed by atoms with van der Waals surface area (Å²) in [7, 11) is 0. The summed E-state index contributed by atoms with van der Waals surface area (Å²) in [5.41, 5.74) is 0. The molecular weight excluding hydrogens is 305 g/mol. The summed E-state index contributed by atoms with van der Waals surface area (Å²) < 4.78 is 10.1. The van der Waals surface area contributed by atoms with E-state index in [-0.39, 0.29) is 19.3 Å². The molecule has 1 amide bonds. The Morgan fingerprint density at radius 3 is 2.60 bits per heavy atom. The van der Waals surface area contributed by atoms with Crippen LogP contribution in [0.25, 0.3) is 0 Å². The van der Waals surface area contributed by atoms with Crippen LogP contribution in [0, 0.1) is 0 Å². The quantitative estimate of drug-likeness (QED) is 0.818. The average Bonchev–Trinajstić information content (AvgIpc) is 2.34. The second-order valence-corrected chi connectivity index (χ2v) is 5.02. The first kappa shape index (κ1) is 16.6. The number of carbonyl (C=O) groups excluding carboxylic acids is 2. The van der Waals surface area contributed by atoms with Crippen LogP contribution in [0.4, 0.5) is 0 Å². The lowest BCUT2D eigenvalue weighted by atomic mass is 10.3. The zero-order valence-electron chi connectivity index (χ0n) is 11.1. The minimum Gasteiger partial charge on any atom is -0.482 e. The van der Waals surface area contributed by atoms with E-state index in [9.17, 15) is 9.59 Å². The Morgan fingerprint density at radius 2 is 2.00 bits per heavy atom. The zero-order chi connectivity index (χ0) is 15.1. The third kappa shape index (κ3) is 6.12. The zero-order valence-corrected chi connectivity index (χ0v) is 12.6. The maximum atomic E-state index is 11.5. The van der Waals surface area contributed by atoms with Crippen molar-refractivity contribution in [1.29, 1.82) is 0 Å². The summed E-state index contributed by atoms with van der Waals surface area (Å²) in [4.78, 5) is 22.7. The van der Waals surface area contributed by atoms with Crippen molar-refractivity contribution in [3.63, 3.8) is 0 Å². The van der Waals surface area contributed by atoms with Crippen LogP contribution in [0.1, 0.15) is 13.8 Å². The molecule has 0 fully saturated rings. The number of benzene rings is 1. The van der Waals surface area contributed by atoms with Crippen LogP contribution in [0.2, 0.25) is 10.0 Å². The van der Waals surface area contributed by atoms with Gasteiger partial charge in [0.2, 0.25) is 0 Å². The molecule has 0 aromatic heterocycles. The van der Waals surface area contributed by atoms with E-state index in [0.29, 0.717) is 15.8 Å². The topological polar surface area (TPSA) is 64.6 Å². The molecule has 0 saturated carbocycles. The fraction of sp³-hybridized carbons (Fsp3) is 0.385. The van der Waals surface area contributed by atoms with Crippen LogP contribution < -0.4 is 10.1 Å². The molecule has 0 atom stereocenters. The molecule has 0 spiro atoms. The van der Waals surface area contributed by atoms with Crippen molar-refractivity contribution >= 4 is 35.1 Å². The minimum atomic E-state index is -0.502. The molecule has 1 aromatic rings. The minimum absolute atomic E-state index is 0.200. The summed E-state index contributed by atoms with van der Waals surface area (Å²) in [6.45, 7) is 3.00. The highest BCUT2D eigenvalue weighted by atomic mass is 35.5. The summed E-state index contributed by atoms with van der Waals surface area (Å²) in [5.74, 6) is -0.606. The highest BCUT2D eigenvalue weighted by molar-refractivity contribution is 6.35. The molecule has 1 rings (SSSR count). The molecule has 0 aliphatic rings. The molecule has 0 aliphatic carbocycles. The molecule has 0 unspecified atom stereocenters. The molecule has 0 radical (unpaired) electrons. The third-order valence-electron chi connectivity index (χ3n) is 2.05. The maximum absolute atomic E-state index is 11.5. The van der Waals surface area contributed by atoms with E-state index < -0.39 is 11.9 Å². The van der Waals surface area contributed by atoms with Crippen molar-refractivity contribution in [3.05, 3.63) is 28.2 Å². The van der Waals surface area contributed by atoms with E-state index in [2.05, 4.69) is 5.32 Å². The smallest absolute Gasteiger partial charge is 0.325 e. The van der Waals surface area contributed by atoms with Crippen LogP contribution in [0.3, 0.4) is 0 Å². The van der Waals surface area contributed by atoms with Crippen molar-refractivity contribution in [2.75, 3.05) is 13.2 Å². The van der Waals surface area contributed by atoms with Gasteiger partial charge in [0.1, 0.15) is 12.3 Å². The Bertz CT molecular complexity index is 491. The van der Waals surface area contributed by atoms with Crippen LogP contribution in [-0.2, 0) is 14.3 Å². The molecular formula is C13H15Cl2NO4. The lowest BCUT2D eigenvalue weighted by molar-refractivity contribution is -0.147. The van der Waals surface area contributed by atoms with Gasteiger partial charge in [-0.25, -0.2) is 0 Å². The highest BCUT2D eigenvalue weighted by Crippen LogP contribution is 2.27. The molecule has 7 heteroatoms. The molecule has 110 valence electrons. The Morgan fingerprint density at radius 1 is 1.30 bits per heavy atom. The lowest BCUT2D eigenvalue weighted by Crippen LogP contribution is -2.34.